The molecule has 6 rings (SSSR count). The van der Waals surface area contributed by atoms with Gasteiger partial charge in [-0.05, 0) is 60.7 Å². The number of hydrogen-bond donors (Lipinski definition) is 3. The van der Waals surface area contributed by atoms with Gasteiger partial charge in [0, 0.05) is 48.9 Å². The summed E-state index contributed by atoms with van der Waals surface area (Å²) in [7, 11) is 0. The van der Waals surface area contributed by atoms with Crippen LogP contribution in [0.4, 0.5) is 0 Å². The van der Waals surface area contributed by atoms with Gasteiger partial charge >= 0.3 is 11.9 Å². The van der Waals surface area contributed by atoms with E-state index in [1.165, 1.54) is 13.8 Å². The lowest BCUT2D eigenvalue weighted by atomic mass is 9.42. The predicted octanol–water partition coefficient (Wildman–Crippen LogP) is 4.12. The summed E-state index contributed by atoms with van der Waals surface area (Å²) in [6.07, 6.45) is -0.787. The third-order valence-electron chi connectivity index (χ3n) is 14.5. The van der Waals surface area contributed by atoms with Crippen molar-refractivity contribution in [1.29, 1.82) is 0 Å². The van der Waals surface area contributed by atoms with Gasteiger partial charge in [0.25, 0.3) is 0 Å². The molecule has 0 radical (unpaired) electrons. The van der Waals surface area contributed by atoms with Crippen molar-refractivity contribution in [2.75, 3.05) is 0 Å². The number of fused-ring (bicyclic) bond motifs is 4. The lowest BCUT2D eigenvalue weighted by Gasteiger charge is -2.64. The van der Waals surface area contributed by atoms with Crippen LogP contribution in [0.3, 0.4) is 0 Å². The molecule has 0 unspecified atom stereocenters. The van der Waals surface area contributed by atoms with Crippen molar-refractivity contribution in [1.82, 2.24) is 0 Å². The van der Waals surface area contributed by atoms with Gasteiger partial charge in [0.1, 0.15) is 23.9 Å². The summed E-state index contributed by atoms with van der Waals surface area (Å²) in [6.45, 7) is 18.6. The topological polar surface area (TPSA) is 126 Å². The Hall–Kier alpha value is -1.22. The molecule has 3 N–H and O–H groups in total. The number of epoxide rings is 1. The highest BCUT2D eigenvalue weighted by atomic mass is 16.6. The Morgan fingerprint density at radius 2 is 1.55 bits per heavy atom. The van der Waals surface area contributed by atoms with Crippen molar-refractivity contribution in [2.45, 2.75) is 137 Å². The summed E-state index contributed by atoms with van der Waals surface area (Å²) in [5.41, 5.74) is -1.80. The summed E-state index contributed by atoms with van der Waals surface area (Å²) >= 11 is 0. The van der Waals surface area contributed by atoms with Crippen molar-refractivity contribution in [3.63, 3.8) is 0 Å². The highest BCUT2D eigenvalue weighted by Gasteiger charge is 2.83. The normalized spacial score (nSPS) is 55.4. The average molecular weight is 591 g/mol. The van der Waals surface area contributed by atoms with Crippen molar-refractivity contribution in [3.05, 3.63) is 0 Å². The van der Waals surface area contributed by atoms with Crippen molar-refractivity contribution in [2.24, 2.45) is 63.6 Å². The van der Waals surface area contributed by atoms with E-state index in [2.05, 4.69) is 48.5 Å². The third kappa shape index (κ3) is 3.92. The fourth-order valence-electron chi connectivity index (χ4n) is 12.0. The highest BCUT2D eigenvalue weighted by molar-refractivity contribution is 5.67. The van der Waals surface area contributed by atoms with E-state index in [0.29, 0.717) is 43.4 Å². The lowest BCUT2D eigenvalue weighted by molar-refractivity contribution is -0.257. The van der Waals surface area contributed by atoms with Crippen LogP contribution in [0.5, 0.6) is 0 Å². The van der Waals surface area contributed by atoms with E-state index >= 15 is 0 Å². The van der Waals surface area contributed by atoms with Crippen LogP contribution in [-0.2, 0) is 23.8 Å². The van der Waals surface area contributed by atoms with Gasteiger partial charge in [-0.25, -0.2) is 0 Å². The quantitative estimate of drug-likeness (QED) is 0.312. The summed E-state index contributed by atoms with van der Waals surface area (Å²) in [4.78, 5) is 25.2. The standard InChI is InChI=1S/C34H54O8/c1-15(2)17(4)31(7)14-22(31)16(3)21-12-23(40-18(5)35)25-24-26(28(41-19(6)36)29(39)33(21,25)9)32(8)11-10-20(37)13-34(32)30(42-34)27(24)38/h15-17,20-30,37-39H,10-14H2,1-9H3/t16-,17+,20-,21+,22+,23-,24-,25-,26+,27-,28-,29+,30+,31+,32+,33+,34+/m0/s1. The van der Waals surface area contributed by atoms with E-state index in [0.717, 1.165) is 6.42 Å². The Morgan fingerprint density at radius 1 is 0.905 bits per heavy atom. The third-order valence-corrected chi connectivity index (χ3v) is 14.5. The maximum atomic E-state index is 12.6. The molecule has 1 spiro atoms. The first-order valence-electron chi connectivity index (χ1n) is 16.5. The zero-order valence-electron chi connectivity index (χ0n) is 27.0. The summed E-state index contributed by atoms with van der Waals surface area (Å²) in [5, 5.41) is 35.3. The van der Waals surface area contributed by atoms with Gasteiger partial charge in [-0.3, -0.25) is 9.59 Å². The first kappa shape index (κ1) is 30.8. The van der Waals surface area contributed by atoms with Crippen molar-refractivity contribution < 1.29 is 39.1 Å². The minimum absolute atomic E-state index is 0.00651. The molecule has 0 aromatic rings. The zero-order chi connectivity index (χ0) is 30.9. The summed E-state index contributed by atoms with van der Waals surface area (Å²) in [5.74, 6) is -0.112. The molecule has 1 aliphatic heterocycles. The Balaban J connectivity index is 1.45. The van der Waals surface area contributed by atoms with E-state index in [9.17, 15) is 24.9 Å². The molecular formula is C34H54O8. The van der Waals surface area contributed by atoms with Gasteiger partial charge in [-0.1, -0.05) is 48.5 Å². The predicted molar refractivity (Wildman–Crippen MR) is 155 cm³/mol. The van der Waals surface area contributed by atoms with Gasteiger partial charge in [0.2, 0.25) is 0 Å². The molecular weight excluding hydrogens is 536 g/mol. The number of esters is 2. The molecule has 6 fully saturated rings. The molecule has 0 aromatic carbocycles. The van der Waals surface area contributed by atoms with Crippen LogP contribution >= 0.6 is 0 Å². The zero-order valence-corrected chi connectivity index (χ0v) is 27.0. The lowest BCUT2D eigenvalue weighted by Crippen LogP contribution is -2.72. The molecule has 0 bridgehead atoms. The second-order valence-corrected chi connectivity index (χ2v) is 16.4. The SMILES string of the molecule is CC(=O)O[C@H]1[C@H]2[C@@H]([C@H](O)[C@H]3O[C@]34C[C@@H](O)CC[C@]24C)[C@@H]2[C@@H](OC(C)=O)C[C@H]([C@H](C)[C@H]3C[C@]3(C)[C@H](C)C(C)C)[C@@]2(C)[C@@H]1O. The van der Waals surface area contributed by atoms with Gasteiger partial charge < -0.3 is 29.5 Å². The molecule has 1 heterocycles. The molecule has 0 aromatic heterocycles. The monoisotopic (exact) mass is 590 g/mol. The molecule has 1 saturated heterocycles. The Bertz CT molecular complexity index is 1120. The Morgan fingerprint density at radius 3 is 2.14 bits per heavy atom. The number of rotatable bonds is 6. The van der Waals surface area contributed by atoms with E-state index < -0.39 is 70.9 Å². The molecule has 8 heteroatoms. The minimum atomic E-state index is -1.00. The summed E-state index contributed by atoms with van der Waals surface area (Å²) < 4.78 is 18.6. The largest absolute Gasteiger partial charge is 0.462 e. The molecule has 17 atom stereocenters. The molecule has 0 amide bonds. The minimum Gasteiger partial charge on any atom is -0.462 e. The number of ether oxygens (including phenoxy) is 3. The van der Waals surface area contributed by atoms with E-state index in [1.54, 1.807) is 0 Å². The Labute approximate surface area is 251 Å². The number of hydrogen-bond acceptors (Lipinski definition) is 8. The number of aliphatic hydroxyl groups excluding tert-OH is 3. The molecule has 42 heavy (non-hydrogen) atoms. The van der Waals surface area contributed by atoms with Gasteiger partial charge in [0.05, 0.1) is 18.3 Å². The van der Waals surface area contributed by atoms with Gasteiger partial charge in [-0.15, -0.1) is 0 Å². The van der Waals surface area contributed by atoms with Crippen LogP contribution < -0.4 is 0 Å². The van der Waals surface area contributed by atoms with E-state index in [-0.39, 0.29) is 29.1 Å². The first-order valence-corrected chi connectivity index (χ1v) is 16.5. The second-order valence-electron chi connectivity index (χ2n) is 16.4. The van der Waals surface area contributed by atoms with E-state index in [4.69, 9.17) is 14.2 Å². The summed E-state index contributed by atoms with van der Waals surface area (Å²) in [6, 6.07) is 0. The molecule has 5 aliphatic carbocycles. The number of carbonyl (C=O) groups excluding carboxylic acids is 2. The highest BCUT2D eigenvalue weighted by Crippen LogP contribution is 2.76. The van der Waals surface area contributed by atoms with Gasteiger partial charge in [-0.2, -0.15) is 0 Å². The van der Waals surface area contributed by atoms with Crippen LogP contribution in [0.25, 0.3) is 0 Å². The Kier molecular flexibility index (Phi) is 7.07. The van der Waals surface area contributed by atoms with E-state index in [1.807, 2.05) is 0 Å². The van der Waals surface area contributed by atoms with Crippen LogP contribution in [0.2, 0.25) is 0 Å². The van der Waals surface area contributed by atoms with Crippen molar-refractivity contribution >= 4 is 11.9 Å². The number of aliphatic hydroxyl groups is 3. The number of carbonyl (C=O) groups is 2. The van der Waals surface area contributed by atoms with Crippen LogP contribution in [0.15, 0.2) is 0 Å². The molecule has 8 nitrogen and oxygen atoms in total. The fourth-order valence-corrected chi connectivity index (χ4v) is 12.0. The first-order chi connectivity index (χ1) is 19.5. The maximum Gasteiger partial charge on any atom is 0.303 e. The van der Waals surface area contributed by atoms with Gasteiger partial charge in [0.15, 0.2) is 0 Å². The van der Waals surface area contributed by atoms with Crippen LogP contribution in [-0.4, -0.2) is 69.5 Å². The fraction of sp³-hybridized carbons (Fsp3) is 0.941. The smallest absolute Gasteiger partial charge is 0.303 e. The maximum absolute atomic E-state index is 12.6. The average Bonchev–Trinajstić information content (AvgIpc) is 3.77. The molecule has 6 aliphatic rings. The molecule has 5 saturated carbocycles. The van der Waals surface area contributed by atoms with Crippen molar-refractivity contribution in [3.8, 4) is 0 Å². The van der Waals surface area contributed by atoms with Crippen LogP contribution in [0, 0.1) is 63.6 Å². The molecule has 238 valence electrons. The second kappa shape index (κ2) is 9.64. The van der Waals surface area contributed by atoms with Crippen LogP contribution in [0.1, 0.15) is 94.4 Å².